The summed E-state index contributed by atoms with van der Waals surface area (Å²) in [5.74, 6) is -0.460. The lowest BCUT2D eigenvalue weighted by Gasteiger charge is -2.29. The van der Waals surface area contributed by atoms with Gasteiger partial charge in [0.2, 0.25) is 0 Å². The molecule has 21 heavy (non-hydrogen) atoms. The molecule has 1 amide bonds. The van der Waals surface area contributed by atoms with Crippen LogP contribution in [0.5, 0.6) is 0 Å². The van der Waals surface area contributed by atoms with E-state index in [0.29, 0.717) is 22.9 Å². The van der Waals surface area contributed by atoms with E-state index >= 15 is 0 Å². The number of nitrogens with one attached hydrogen (secondary N) is 2. The van der Waals surface area contributed by atoms with Crippen LogP contribution < -0.4 is 5.32 Å². The van der Waals surface area contributed by atoms with E-state index in [1.807, 2.05) is 6.26 Å². The molecule has 0 fully saturated rings. The molecule has 0 aliphatic carbocycles. The van der Waals surface area contributed by atoms with E-state index in [4.69, 9.17) is 0 Å². The van der Waals surface area contributed by atoms with Gasteiger partial charge in [-0.3, -0.25) is 4.79 Å². The van der Waals surface area contributed by atoms with E-state index in [-0.39, 0.29) is 17.1 Å². The van der Waals surface area contributed by atoms with Crippen molar-refractivity contribution in [3.63, 3.8) is 0 Å². The Balaban J connectivity index is 2.08. The van der Waals surface area contributed by atoms with E-state index in [9.17, 15) is 9.18 Å². The summed E-state index contributed by atoms with van der Waals surface area (Å²) in [6, 6.07) is 6.12. The lowest BCUT2D eigenvalue weighted by Crippen LogP contribution is -2.37. The van der Waals surface area contributed by atoms with Gasteiger partial charge in [0, 0.05) is 22.7 Å². The van der Waals surface area contributed by atoms with Crippen LogP contribution in [0.25, 0.3) is 10.9 Å². The molecule has 0 saturated carbocycles. The molecule has 2 aromatic rings. The number of carbonyl (C=O) groups is 1. The molecular formula is C16H21FN2OS. The summed E-state index contributed by atoms with van der Waals surface area (Å²) >= 11 is 1.75. The summed E-state index contributed by atoms with van der Waals surface area (Å²) in [6.45, 7) is 7.08. The number of rotatable bonds is 4. The summed E-state index contributed by atoms with van der Waals surface area (Å²) in [7, 11) is 0. The minimum Gasteiger partial charge on any atom is -0.351 e. The average Bonchev–Trinajstić information content (AvgIpc) is 2.80. The lowest BCUT2D eigenvalue weighted by molar-refractivity contribution is 0.0946. The zero-order valence-electron chi connectivity index (χ0n) is 12.8. The predicted octanol–water partition coefficient (Wildman–Crippen LogP) is 3.81. The second-order valence-corrected chi connectivity index (χ2v) is 7.26. The SMILES string of the molecule is CSC(CNC(=O)c1cc2cc(F)ccc2[nH]1)C(C)(C)C. The van der Waals surface area contributed by atoms with Crippen LogP contribution in [0.15, 0.2) is 24.3 Å². The van der Waals surface area contributed by atoms with Gasteiger partial charge in [-0.15, -0.1) is 0 Å². The largest absolute Gasteiger partial charge is 0.351 e. The molecule has 0 saturated heterocycles. The van der Waals surface area contributed by atoms with Crippen LogP contribution >= 0.6 is 11.8 Å². The molecule has 114 valence electrons. The van der Waals surface area contributed by atoms with Crippen LogP contribution in [0.1, 0.15) is 31.3 Å². The molecule has 1 atom stereocenters. The van der Waals surface area contributed by atoms with Gasteiger partial charge in [-0.1, -0.05) is 20.8 Å². The highest BCUT2D eigenvalue weighted by atomic mass is 32.2. The Kier molecular flexibility index (Phi) is 4.61. The lowest BCUT2D eigenvalue weighted by atomic mass is 9.91. The summed E-state index contributed by atoms with van der Waals surface area (Å²) in [5.41, 5.74) is 1.35. The van der Waals surface area contributed by atoms with Crippen LogP contribution in [0.2, 0.25) is 0 Å². The molecule has 2 rings (SSSR count). The van der Waals surface area contributed by atoms with Crippen molar-refractivity contribution in [2.75, 3.05) is 12.8 Å². The fourth-order valence-electron chi connectivity index (χ4n) is 2.25. The van der Waals surface area contributed by atoms with Crippen molar-refractivity contribution in [2.45, 2.75) is 26.0 Å². The molecule has 3 nitrogen and oxygen atoms in total. The number of carbonyl (C=O) groups excluding carboxylic acids is 1. The summed E-state index contributed by atoms with van der Waals surface area (Å²) in [4.78, 5) is 15.2. The first kappa shape index (κ1) is 15.9. The minimum absolute atomic E-state index is 0.121. The van der Waals surface area contributed by atoms with Crippen molar-refractivity contribution >= 4 is 28.6 Å². The van der Waals surface area contributed by atoms with Gasteiger partial charge in [-0.25, -0.2) is 4.39 Å². The third-order valence-corrected chi connectivity index (χ3v) is 4.97. The number of amides is 1. The van der Waals surface area contributed by atoms with Crippen molar-refractivity contribution in [3.05, 3.63) is 35.8 Å². The topological polar surface area (TPSA) is 44.9 Å². The molecule has 1 aromatic carbocycles. The number of H-pyrrole nitrogens is 1. The van der Waals surface area contributed by atoms with Gasteiger partial charge < -0.3 is 10.3 Å². The molecule has 0 radical (unpaired) electrons. The fraction of sp³-hybridized carbons (Fsp3) is 0.438. The third-order valence-electron chi connectivity index (χ3n) is 3.53. The molecule has 0 spiro atoms. The summed E-state index contributed by atoms with van der Waals surface area (Å²) in [5, 5.41) is 3.99. The first-order valence-electron chi connectivity index (χ1n) is 6.90. The van der Waals surface area contributed by atoms with Crippen LogP contribution in [-0.2, 0) is 0 Å². The van der Waals surface area contributed by atoms with Crippen LogP contribution in [-0.4, -0.2) is 28.9 Å². The maximum absolute atomic E-state index is 13.2. The Bertz CT molecular complexity index is 645. The Hall–Kier alpha value is -1.49. The Morgan fingerprint density at radius 1 is 1.38 bits per heavy atom. The predicted molar refractivity (Wildman–Crippen MR) is 87.3 cm³/mol. The molecule has 1 aromatic heterocycles. The number of aromatic amines is 1. The number of hydrogen-bond acceptors (Lipinski definition) is 2. The number of thioether (sulfide) groups is 1. The molecule has 1 heterocycles. The number of hydrogen-bond donors (Lipinski definition) is 2. The first-order chi connectivity index (χ1) is 9.81. The van der Waals surface area contributed by atoms with Crippen molar-refractivity contribution in [3.8, 4) is 0 Å². The second-order valence-electron chi connectivity index (χ2n) is 6.21. The number of halogens is 1. The van der Waals surface area contributed by atoms with Gasteiger partial charge in [0.1, 0.15) is 11.5 Å². The summed E-state index contributed by atoms with van der Waals surface area (Å²) in [6.07, 6.45) is 2.05. The molecular weight excluding hydrogens is 287 g/mol. The molecule has 0 aliphatic heterocycles. The minimum atomic E-state index is -0.302. The van der Waals surface area contributed by atoms with Gasteiger partial charge in [-0.05, 0) is 35.9 Å². The van der Waals surface area contributed by atoms with Gasteiger partial charge >= 0.3 is 0 Å². The monoisotopic (exact) mass is 308 g/mol. The third kappa shape index (κ3) is 3.79. The van der Waals surface area contributed by atoms with E-state index in [0.717, 1.165) is 5.52 Å². The Morgan fingerprint density at radius 2 is 2.10 bits per heavy atom. The average molecular weight is 308 g/mol. The van der Waals surface area contributed by atoms with E-state index < -0.39 is 0 Å². The zero-order chi connectivity index (χ0) is 15.6. The van der Waals surface area contributed by atoms with Crippen LogP contribution in [0, 0.1) is 11.2 Å². The van der Waals surface area contributed by atoms with Gasteiger partial charge in [0.15, 0.2) is 0 Å². The van der Waals surface area contributed by atoms with Gasteiger partial charge in [0.25, 0.3) is 5.91 Å². The Labute approximate surface area is 128 Å². The number of fused-ring (bicyclic) bond motifs is 1. The van der Waals surface area contributed by atoms with E-state index in [1.54, 1.807) is 23.9 Å². The van der Waals surface area contributed by atoms with E-state index in [2.05, 4.69) is 31.1 Å². The smallest absolute Gasteiger partial charge is 0.267 e. The van der Waals surface area contributed by atoms with Gasteiger partial charge in [0.05, 0.1) is 0 Å². The molecule has 5 heteroatoms. The van der Waals surface area contributed by atoms with Crippen molar-refractivity contribution in [1.29, 1.82) is 0 Å². The van der Waals surface area contributed by atoms with Crippen molar-refractivity contribution < 1.29 is 9.18 Å². The van der Waals surface area contributed by atoms with Crippen molar-refractivity contribution in [1.82, 2.24) is 10.3 Å². The standard InChI is InChI=1S/C16H21FN2OS/c1-16(2,3)14(21-4)9-18-15(20)13-8-10-7-11(17)5-6-12(10)19-13/h5-8,14,19H,9H2,1-4H3,(H,18,20). The van der Waals surface area contributed by atoms with Crippen LogP contribution in [0.4, 0.5) is 4.39 Å². The fourth-order valence-corrected chi connectivity index (χ4v) is 3.21. The molecule has 0 bridgehead atoms. The van der Waals surface area contributed by atoms with Crippen molar-refractivity contribution in [2.24, 2.45) is 5.41 Å². The highest BCUT2D eigenvalue weighted by Gasteiger charge is 2.24. The highest BCUT2D eigenvalue weighted by Crippen LogP contribution is 2.28. The van der Waals surface area contributed by atoms with E-state index in [1.165, 1.54) is 12.1 Å². The summed E-state index contributed by atoms with van der Waals surface area (Å²) < 4.78 is 13.2. The maximum Gasteiger partial charge on any atom is 0.267 e. The molecule has 2 N–H and O–H groups in total. The quantitative estimate of drug-likeness (QED) is 0.902. The zero-order valence-corrected chi connectivity index (χ0v) is 13.6. The normalized spacial score (nSPS) is 13.4. The second kappa shape index (κ2) is 6.10. The molecule has 0 aliphatic rings. The van der Waals surface area contributed by atoms with Gasteiger partial charge in [-0.2, -0.15) is 11.8 Å². The number of benzene rings is 1. The highest BCUT2D eigenvalue weighted by molar-refractivity contribution is 7.99. The van der Waals surface area contributed by atoms with Crippen LogP contribution in [0.3, 0.4) is 0 Å². The Morgan fingerprint density at radius 3 is 2.71 bits per heavy atom. The maximum atomic E-state index is 13.2. The molecule has 1 unspecified atom stereocenters. The first-order valence-corrected chi connectivity index (χ1v) is 8.19. The number of aromatic nitrogens is 1.